The Hall–Kier alpha value is -1.36. The summed E-state index contributed by atoms with van der Waals surface area (Å²) in [5.74, 6) is 1.52. The molecule has 0 radical (unpaired) electrons. The molecule has 0 aliphatic carbocycles. The second-order valence-electron chi connectivity index (χ2n) is 6.45. The lowest BCUT2D eigenvalue weighted by atomic mass is 9.68. The zero-order chi connectivity index (χ0) is 16.0. The Labute approximate surface area is 157 Å². The number of benzene rings is 2. The summed E-state index contributed by atoms with van der Waals surface area (Å²) in [5, 5.41) is 0.565. The standard InChI is InChI=1S/C19H18ClNO2.BrH/c1-21-10-8-19(9-11-21)15-4-2-3-5-17(15)23-16-7-6-13(20)12-14(16)18(19)22;/h2-7,12H,8-11H2,1H3;1H. The molecule has 2 heterocycles. The van der Waals surface area contributed by atoms with E-state index in [1.54, 1.807) is 18.2 Å². The van der Waals surface area contributed by atoms with Crippen molar-refractivity contribution in [2.24, 2.45) is 0 Å². The highest BCUT2D eigenvalue weighted by atomic mass is 79.9. The molecule has 2 aliphatic rings. The van der Waals surface area contributed by atoms with Crippen LogP contribution >= 0.6 is 28.6 Å². The van der Waals surface area contributed by atoms with Crippen molar-refractivity contribution in [1.82, 2.24) is 4.90 Å². The molecule has 24 heavy (non-hydrogen) atoms. The van der Waals surface area contributed by atoms with Crippen molar-refractivity contribution in [2.75, 3.05) is 20.1 Å². The Kier molecular flexibility index (Phi) is 4.73. The molecule has 4 rings (SSSR count). The zero-order valence-electron chi connectivity index (χ0n) is 13.4. The highest BCUT2D eigenvalue weighted by Crippen LogP contribution is 2.48. The van der Waals surface area contributed by atoms with E-state index >= 15 is 0 Å². The number of piperidine rings is 1. The van der Waals surface area contributed by atoms with Crippen LogP contribution in [0.1, 0.15) is 28.8 Å². The van der Waals surface area contributed by atoms with Crippen molar-refractivity contribution in [1.29, 1.82) is 0 Å². The molecule has 0 aromatic heterocycles. The molecule has 0 atom stereocenters. The van der Waals surface area contributed by atoms with Crippen LogP contribution in [0.25, 0.3) is 0 Å². The maximum atomic E-state index is 13.5. The second-order valence-corrected chi connectivity index (χ2v) is 6.89. The summed E-state index contributed by atoms with van der Waals surface area (Å²) in [6.07, 6.45) is 1.60. The fourth-order valence-corrected chi connectivity index (χ4v) is 3.89. The Balaban J connectivity index is 0.00000169. The minimum absolute atomic E-state index is 0. The molecular weight excluding hydrogens is 390 g/mol. The summed E-state index contributed by atoms with van der Waals surface area (Å²) in [6, 6.07) is 13.2. The number of carbonyl (C=O) groups is 1. The van der Waals surface area contributed by atoms with Gasteiger partial charge < -0.3 is 9.64 Å². The average Bonchev–Trinajstić information content (AvgIpc) is 2.66. The molecule has 126 valence electrons. The van der Waals surface area contributed by atoms with E-state index in [4.69, 9.17) is 16.3 Å². The summed E-state index contributed by atoms with van der Waals surface area (Å²) in [4.78, 5) is 15.7. The quantitative estimate of drug-likeness (QED) is 0.623. The van der Waals surface area contributed by atoms with E-state index < -0.39 is 5.41 Å². The van der Waals surface area contributed by atoms with Crippen molar-refractivity contribution < 1.29 is 9.53 Å². The maximum absolute atomic E-state index is 13.5. The molecule has 0 saturated carbocycles. The Bertz CT molecular complexity index is 785. The van der Waals surface area contributed by atoms with Gasteiger partial charge in [0.1, 0.15) is 11.5 Å². The molecule has 1 spiro atoms. The summed E-state index contributed by atoms with van der Waals surface area (Å²) in [7, 11) is 2.10. The van der Waals surface area contributed by atoms with Gasteiger partial charge in [0.25, 0.3) is 0 Å². The van der Waals surface area contributed by atoms with E-state index in [2.05, 4.69) is 11.9 Å². The summed E-state index contributed by atoms with van der Waals surface area (Å²) < 4.78 is 6.09. The van der Waals surface area contributed by atoms with Crippen molar-refractivity contribution >= 4 is 34.4 Å². The van der Waals surface area contributed by atoms with Crippen LogP contribution in [0.5, 0.6) is 11.5 Å². The van der Waals surface area contributed by atoms with Crippen LogP contribution in [0.15, 0.2) is 42.5 Å². The monoisotopic (exact) mass is 407 g/mol. The lowest BCUT2D eigenvalue weighted by Gasteiger charge is -2.39. The molecule has 3 nitrogen and oxygen atoms in total. The molecule has 5 heteroatoms. The van der Waals surface area contributed by atoms with Gasteiger partial charge in [-0.3, -0.25) is 4.79 Å². The molecule has 0 unspecified atom stereocenters. The van der Waals surface area contributed by atoms with Crippen LogP contribution in [0.3, 0.4) is 0 Å². The number of Topliss-reactive ketones (excluding diaryl/α,β-unsaturated/α-hetero) is 1. The van der Waals surface area contributed by atoms with E-state index in [0.717, 1.165) is 37.2 Å². The number of carbonyl (C=O) groups excluding carboxylic acids is 1. The summed E-state index contributed by atoms with van der Waals surface area (Å²) in [5.41, 5.74) is 1.09. The number of para-hydroxylation sites is 1. The lowest BCUT2D eigenvalue weighted by molar-refractivity contribution is 0.0796. The van der Waals surface area contributed by atoms with E-state index in [0.29, 0.717) is 16.3 Å². The Morgan fingerprint density at radius 1 is 1.08 bits per heavy atom. The molecule has 1 saturated heterocycles. The number of nitrogens with zero attached hydrogens (tertiary/aromatic N) is 1. The van der Waals surface area contributed by atoms with Crippen molar-refractivity contribution in [3.05, 3.63) is 58.6 Å². The zero-order valence-corrected chi connectivity index (χ0v) is 15.9. The van der Waals surface area contributed by atoms with Crippen LogP contribution in [-0.2, 0) is 5.41 Å². The normalized spacial score (nSPS) is 18.8. The van der Waals surface area contributed by atoms with Gasteiger partial charge in [0, 0.05) is 10.6 Å². The van der Waals surface area contributed by atoms with Crippen LogP contribution in [-0.4, -0.2) is 30.8 Å². The number of fused-ring (bicyclic) bond motifs is 3. The smallest absolute Gasteiger partial charge is 0.177 e. The number of halogens is 2. The van der Waals surface area contributed by atoms with E-state index in [1.807, 2.05) is 24.3 Å². The Morgan fingerprint density at radius 3 is 2.54 bits per heavy atom. The number of hydrogen-bond donors (Lipinski definition) is 0. The highest BCUT2D eigenvalue weighted by molar-refractivity contribution is 8.93. The lowest BCUT2D eigenvalue weighted by Crippen LogP contribution is -2.45. The third-order valence-electron chi connectivity index (χ3n) is 5.08. The van der Waals surface area contributed by atoms with Gasteiger partial charge in [0.05, 0.1) is 11.0 Å². The second kappa shape index (κ2) is 6.51. The number of ketones is 1. The van der Waals surface area contributed by atoms with Crippen LogP contribution in [0.4, 0.5) is 0 Å². The predicted octanol–water partition coefficient (Wildman–Crippen LogP) is 4.87. The third kappa shape index (κ3) is 2.67. The fraction of sp³-hybridized carbons (Fsp3) is 0.316. The van der Waals surface area contributed by atoms with Gasteiger partial charge in [0.2, 0.25) is 0 Å². The first-order valence-corrected chi connectivity index (χ1v) is 8.28. The van der Waals surface area contributed by atoms with Crippen LogP contribution in [0.2, 0.25) is 5.02 Å². The van der Waals surface area contributed by atoms with Gasteiger partial charge in [-0.15, -0.1) is 17.0 Å². The summed E-state index contributed by atoms with van der Waals surface area (Å²) >= 11 is 6.14. The first kappa shape index (κ1) is 17.5. The van der Waals surface area contributed by atoms with Crippen LogP contribution in [0, 0.1) is 0 Å². The fourth-order valence-electron chi connectivity index (χ4n) is 3.71. The topological polar surface area (TPSA) is 29.5 Å². The van der Waals surface area contributed by atoms with Gasteiger partial charge >= 0.3 is 0 Å². The van der Waals surface area contributed by atoms with Gasteiger partial charge in [-0.1, -0.05) is 29.8 Å². The minimum Gasteiger partial charge on any atom is -0.456 e. The minimum atomic E-state index is -0.515. The molecule has 0 amide bonds. The van der Waals surface area contributed by atoms with Gasteiger partial charge in [-0.2, -0.15) is 0 Å². The SMILES string of the molecule is Br.CN1CCC2(CC1)C(=O)c1cc(Cl)ccc1Oc1ccccc12. The molecule has 0 bridgehead atoms. The molecule has 2 aromatic rings. The van der Waals surface area contributed by atoms with Gasteiger partial charge in [-0.05, 0) is 57.2 Å². The predicted molar refractivity (Wildman–Crippen MR) is 101 cm³/mol. The van der Waals surface area contributed by atoms with E-state index in [1.165, 1.54) is 0 Å². The Morgan fingerprint density at radius 2 is 1.79 bits per heavy atom. The average molecular weight is 409 g/mol. The largest absolute Gasteiger partial charge is 0.456 e. The molecular formula is C19H19BrClNO2. The first-order valence-electron chi connectivity index (χ1n) is 7.90. The highest BCUT2D eigenvalue weighted by Gasteiger charge is 2.46. The molecule has 1 fully saturated rings. The van der Waals surface area contributed by atoms with E-state index in [9.17, 15) is 4.79 Å². The maximum Gasteiger partial charge on any atom is 0.177 e. The third-order valence-corrected chi connectivity index (χ3v) is 5.32. The molecule has 2 aromatic carbocycles. The number of ether oxygens (including phenoxy) is 1. The molecule has 0 N–H and O–H groups in total. The van der Waals surface area contributed by atoms with Crippen molar-refractivity contribution in [3.8, 4) is 11.5 Å². The van der Waals surface area contributed by atoms with Crippen molar-refractivity contribution in [3.63, 3.8) is 0 Å². The van der Waals surface area contributed by atoms with Crippen LogP contribution < -0.4 is 4.74 Å². The van der Waals surface area contributed by atoms with E-state index in [-0.39, 0.29) is 22.8 Å². The van der Waals surface area contributed by atoms with Crippen molar-refractivity contribution in [2.45, 2.75) is 18.3 Å². The van der Waals surface area contributed by atoms with Gasteiger partial charge in [0.15, 0.2) is 5.78 Å². The molecule has 2 aliphatic heterocycles. The first-order chi connectivity index (χ1) is 11.1. The number of hydrogen-bond acceptors (Lipinski definition) is 3. The summed E-state index contributed by atoms with van der Waals surface area (Å²) in [6.45, 7) is 1.80. The number of rotatable bonds is 0. The van der Waals surface area contributed by atoms with Gasteiger partial charge in [-0.25, -0.2) is 0 Å². The number of likely N-dealkylation sites (tertiary alicyclic amines) is 1.